The number of benzene rings is 2. The second-order valence-corrected chi connectivity index (χ2v) is 8.95. The lowest BCUT2D eigenvalue weighted by Gasteiger charge is -2.27. The normalized spacial score (nSPS) is 18.3. The number of likely N-dealkylation sites (tertiary alicyclic amines) is 1. The van der Waals surface area contributed by atoms with E-state index in [0.29, 0.717) is 23.7 Å². The van der Waals surface area contributed by atoms with Crippen LogP contribution in [0.5, 0.6) is 0 Å². The molecular weight excluding hydrogens is 449 g/mol. The Labute approximate surface area is 196 Å². The standard InChI is InChI=1S/C24H23Cl2N3O3/c1-13-19(15-6-4-5-7-18(15)27-13)21-20(22(30)14-8-9-16(25)17(26)12-14)23(31)24(32)29(21)11-10-28(2)3/h4-9,12,21,27,30H,10-11H2,1-3H3/b22-20+. The van der Waals surface area contributed by atoms with Gasteiger partial charge in [0.05, 0.1) is 21.7 Å². The molecule has 8 heteroatoms. The first-order chi connectivity index (χ1) is 15.2. The average Bonchev–Trinajstić information content (AvgIpc) is 3.20. The van der Waals surface area contributed by atoms with Crippen LogP contribution in [0.25, 0.3) is 16.7 Å². The van der Waals surface area contributed by atoms with Gasteiger partial charge in [-0.2, -0.15) is 0 Å². The van der Waals surface area contributed by atoms with Gasteiger partial charge in [0.15, 0.2) is 0 Å². The molecule has 0 bridgehead atoms. The van der Waals surface area contributed by atoms with E-state index in [0.717, 1.165) is 22.2 Å². The number of rotatable bonds is 5. The summed E-state index contributed by atoms with van der Waals surface area (Å²) < 4.78 is 0. The Morgan fingerprint density at radius 2 is 1.84 bits per heavy atom. The molecule has 2 N–H and O–H groups in total. The summed E-state index contributed by atoms with van der Waals surface area (Å²) >= 11 is 12.2. The number of aromatic nitrogens is 1. The molecule has 1 amide bonds. The van der Waals surface area contributed by atoms with Gasteiger partial charge in [-0.3, -0.25) is 9.59 Å². The van der Waals surface area contributed by atoms with Gasteiger partial charge in [-0.1, -0.05) is 41.4 Å². The molecule has 32 heavy (non-hydrogen) atoms. The van der Waals surface area contributed by atoms with Crippen LogP contribution >= 0.6 is 23.2 Å². The molecule has 1 atom stereocenters. The number of aromatic amines is 1. The van der Waals surface area contributed by atoms with Gasteiger partial charge in [-0.05, 0) is 45.3 Å². The van der Waals surface area contributed by atoms with Crippen molar-refractivity contribution in [3.05, 3.63) is 74.9 Å². The number of carbonyl (C=O) groups is 2. The monoisotopic (exact) mass is 471 g/mol. The largest absolute Gasteiger partial charge is 0.507 e. The lowest BCUT2D eigenvalue weighted by Crippen LogP contribution is -2.35. The zero-order valence-electron chi connectivity index (χ0n) is 17.9. The number of nitrogens with zero attached hydrogens (tertiary/aromatic N) is 2. The highest BCUT2D eigenvalue weighted by molar-refractivity contribution is 6.47. The maximum atomic E-state index is 13.2. The third kappa shape index (κ3) is 3.79. The average molecular weight is 472 g/mol. The van der Waals surface area contributed by atoms with Gasteiger partial charge >= 0.3 is 0 Å². The van der Waals surface area contributed by atoms with Crippen LogP contribution in [0.2, 0.25) is 10.0 Å². The summed E-state index contributed by atoms with van der Waals surface area (Å²) in [4.78, 5) is 33.1. The highest BCUT2D eigenvalue weighted by atomic mass is 35.5. The van der Waals surface area contributed by atoms with Crippen molar-refractivity contribution in [3.8, 4) is 0 Å². The van der Waals surface area contributed by atoms with E-state index in [1.807, 2.05) is 50.2 Å². The minimum Gasteiger partial charge on any atom is -0.507 e. The first-order valence-corrected chi connectivity index (χ1v) is 10.9. The second kappa shape index (κ2) is 8.62. The minimum absolute atomic E-state index is 0.0417. The van der Waals surface area contributed by atoms with Crippen molar-refractivity contribution in [1.82, 2.24) is 14.8 Å². The number of Topliss-reactive ketones (excluding diaryl/α,β-unsaturated/α-hetero) is 1. The molecule has 0 spiro atoms. The number of halogens is 2. The van der Waals surface area contributed by atoms with E-state index in [4.69, 9.17) is 23.2 Å². The summed E-state index contributed by atoms with van der Waals surface area (Å²) in [6.45, 7) is 2.80. The Morgan fingerprint density at radius 3 is 2.53 bits per heavy atom. The van der Waals surface area contributed by atoms with Gasteiger partial charge in [0.25, 0.3) is 11.7 Å². The van der Waals surface area contributed by atoms with Crippen LogP contribution in [0.4, 0.5) is 0 Å². The number of hydrogen-bond donors (Lipinski definition) is 2. The number of aliphatic hydroxyl groups excluding tert-OH is 1. The Kier molecular flexibility index (Phi) is 6.03. The SMILES string of the molecule is Cc1[nH]c2ccccc2c1C1/C(=C(\O)c2ccc(Cl)c(Cl)c2)C(=O)C(=O)N1CCN(C)C. The van der Waals surface area contributed by atoms with Crippen LogP contribution < -0.4 is 0 Å². The third-order valence-electron chi connectivity index (χ3n) is 5.74. The topological polar surface area (TPSA) is 76.6 Å². The smallest absolute Gasteiger partial charge is 0.295 e. The molecule has 0 aliphatic carbocycles. The number of H-pyrrole nitrogens is 1. The number of aliphatic hydroxyl groups is 1. The molecule has 1 aromatic heterocycles. The van der Waals surface area contributed by atoms with E-state index < -0.39 is 17.7 Å². The molecule has 1 saturated heterocycles. The zero-order valence-corrected chi connectivity index (χ0v) is 19.5. The van der Waals surface area contributed by atoms with Crippen LogP contribution in [-0.4, -0.2) is 58.8 Å². The summed E-state index contributed by atoms with van der Waals surface area (Å²) in [6.07, 6.45) is 0. The van der Waals surface area contributed by atoms with E-state index in [2.05, 4.69) is 4.98 Å². The van der Waals surface area contributed by atoms with E-state index in [-0.39, 0.29) is 16.4 Å². The lowest BCUT2D eigenvalue weighted by atomic mass is 9.93. The summed E-state index contributed by atoms with van der Waals surface area (Å²) in [5.74, 6) is -1.63. The highest BCUT2D eigenvalue weighted by Crippen LogP contribution is 2.43. The van der Waals surface area contributed by atoms with Crippen molar-refractivity contribution in [1.29, 1.82) is 0 Å². The molecule has 4 rings (SSSR count). The van der Waals surface area contributed by atoms with Crippen LogP contribution in [0, 0.1) is 6.92 Å². The quantitative estimate of drug-likeness (QED) is 0.319. The number of carbonyl (C=O) groups excluding carboxylic acids is 2. The fourth-order valence-corrected chi connectivity index (χ4v) is 4.47. The fraction of sp³-hybridized carbons (Fsp3) is 0.250. The van der Waals surface area contributed by atoms with E-state index >= 15 is 0 Å². The fourth-order valence-electron chi connectivity index (χ4n) is 4.17. The molecule has 0 saturated carbocycles. The molecule has 2 heterocycles. The number of para-hydroxylation sites is 1. The van der Waals surface area contributed by atoms with Crippen LogP contribution in [0.15, 0.2) is 48.0 Å². The summed E-state index contributed by atoms with van der Waals surface area (Å²) in [5, 5.41) is 12.7. The number of amides is 1. The Bertz CT molecular complexity index is 1260. The van der Waals surface area contributed by atoms with E-state index in [1.54, 1.807) is 12.1 Å². The Morgan fingerprint density at radius 1 is 1.12 bits per heavy atom. The van der Waals surface area contributed by atoms with Gasteiger partial charge in [-0.25, -0.2) is 0 Å². The summed E-state index contributed by atoms with van der Waals surface area (Å²) in [6, 6.07) is 11.6. The van der Waals surface area contributed by atoms with Gasteiger partial charge in [-0.15, -0.1) is 0 Å². The van der Waals surface area contributed by atoms with Crippen molar-refractivity contribution in [2.24, 2.45) is 0 Å². The zero-order chi connectivity index (χ0) is 23.2. The molecule has 1 aliphatic heterocycles. The maximum Gasteiger partial charge on any atom is 0.295 e. The minimum atomic E-state index is -0.736. The number of fused-ring (bicyclic) bond motifs is 1. The number of ketones is 1. The predicted octanol–water partition coefficient (Wildman–Crippen LogP) is 4.77. The molecule has 0 radical (unpaired) electrons. The van der Waals surface area contributed by atoms with Crippen molar-refractivity contribution < 1.29 is 14.7 Å². The molecular formula is C24H23Cl2N3O3. The molecule has 166 valence electrons. The molecule has 1 aliphatic rings. The first-order valence-electron chi connectivity index (χ1n) is 10.2. The predicted molar refractivity (Wildman–Crippen MR) is 127 cm³/mol. The number of hydrogen-bond acceptors (Lipinski definition) is 4. The van der Waals surface area contributed by atoms with Crippen molar-refractivity contribution in [2.75, 3.05) is 27.2 Å². The number of nitrogens with one attached hydrogen (secondary N) is 1. The maximum absolute atomic E-state index is 13.2. The molecule has 6 nitrogen and oxygen atoms in total. The van der Waals surface area contributed by atoms with Crippen molar-refractivity contribution >= 4 is 51.6 Å². The van der Waals surface area contributed by atoms with E-state index in [9.17, 15) is 14.7 Å². The van der Waals surface area contributed by atoms with Crippen molar-refractivity contribution in [3.63, 3.8) is 0 Å². The Balaban J connectivity index is 1.96. The Hall–Kier alpha value is -2.80. The second-order valence-electron chi connectivity index (χ2n) is 8.13. The lowest BCUT2D eigenvalue weighted by molar-refractivity contribution is -0.140. The molecule has 1 fully saturated rings. The van der Waals surface area contributed by atoms with Crippen LogP contribution in [0.1, 0.15) is 22.9 Å². The van der Waals surface area contributed by atoms with Gasteiger partial charge in [0, 0.05) is 40.8 Å². The van der Waals surface area contributed by atoms with Crippen LogP contribution in [0.3, 0.4) is 0 Å². The molecule has 3 aromatic rings. The van der Waals surface area contributed by atoms with Gasteiger partial charge in [0.1, 0.15) is 5.76 Å². The van der Waals surface area contributed by atoms with Crippen molar-refractivity contribution in [2.45, 2.75) is 13.0 Å². The summed E-state index contributed by atoms with van der Waals surface area (Å²) in [7, 11) is 3.80. The van der Waals surface area contributed by atoms with Crippen LogP contribution in [-0.2, 0) is 9.59 Å². The highest BCUT2D eigenvalue weighted by Gasteiger charge is 2.47. The third-order valence-corrected chi connectivity index (χ3v) is 6.48. The summed E-state index contributed by atoms with van der Waals surface area (Å²) in [5.41, 5.74) is 2.88. The molecule has 1 unspecified atom stereocenters. The van der Waals surface area contributed by atoms with Gasteiger partial charge < -0.3 is 19.9 Å². The first kappa shape index (κ1) is 22.4. The number of likely N-dealkylation sites (N-methyl/N-ethyl adjacent to an activating group) is 1. The number of aryl methyl sites for hydroxylation is 1. The van der Waals surface area contributed by atoms with Gasteiger partial charge in [0.2, 0.25) is 0 Å². The molecule has 2 aromatic carbocycles. The van der Waals surface area contributed by atoms with E-state index in [1.165, 1.54) is 11.0 Å².